The van der Waals surface area contributed by atoms with Crippen molar-refractivity contribution in [2.45, 2.75) is 249 Å². The zero-order valence-corrected chi connectivity index (χ0v) is 107. The van der Waals surface area contributed by atoms with Gasteiger partial charge < -0.3 is 180 Å². The van der Waals surface area contributed by atoms with E-state index in [0.717, 1.165) is 25.7 Å². The van der Waals surface area contributed by atoms with Crippen molar-refractivity contribution < 1.29 is 632 Å². The second kappa shape index (κ2) is 80.7. The standard InChI is InChI=1S/C49H84N4O50S7.11Na.4H2O4S/c1-14-34(59)18(55)6-26(81-14)90-43-23(11-78-108(68,69)70)86-47(31(36(43)61)51-105-101-97-65)94-40-16(3)83-28(8-20(40)57)92-45-25(13-80-110(74,75)76)88-49(33(38(45)63)53-107-103-99-67)95-41-17(4)84-29(9-21(41)58)91-44-24(12-79-109(71,72)73)87-48(32(37(44)62)52-106-102-98-66)93-39-15(2)82-27(7-19(39)56)89-42-22(10-54)85-46(77-5)30(35(42)60)50-104-100-96-64;;;;;;;;;;;;4*1-5(2,3)4/h6-9,14-67H,10-13H2,1-5H3,(H,68,69,70)(H,71,72,73)(H,74,75,76);;;;;;;;;;;;4*(H2,1,2,3,4)/q-4;11*+1;;;;/p-11/t14?,15?,16?,17?,18-,19-,20-,21-,22?,23?,24?,25?,26-,27-,28-,29-,30?,31?,32?,33?,34+,35+,36+,37+,38+,39-,40-,41-,42+,43+,44+,45+,46-,47-,48-,49-;;;;;;;;;;;;;;;/m0.............../s1. The van der Waals surface area contributed by atoms with Gasteiger partial charge in [-0.1, -0.05) is 0 Å². The molecule has 8 aliphatic rings. The van der Waals surface area contributed by atoms with Crippen molar-refractivity contribution in [1.29, 1.82) is 0 Å². The Bertz CT molecular complexity index is 3960. The topological polar surface area (TPSA) is 1070 Å². The number of nitrogens with one attached hydrogen (secondary N) is 4. The minimum Gasteiger partial charge on any atom is -0.726 e. The van der Waals surface area contributed by atoms with E-state index in [-0.39, 0.29) is 374 Å². The second-order valence-electron chi connectivity index (χ2n) is 26.1. The zero-order chi connectivity index (χ0) is 98.7. The van der Waals surface area contributed by atoms with E-state index in [1.165, 1.54) is 34.8 Å². The Kier molecular flexibility index (Phi) is 94.9. The predicted octanol–water partition coefficient (Wildman–Crippen LogP) is -51.3. The molecule has 0 spiro atoms. The summed E-state index contributed by atoms with van der Waals surface area (Å²) >= 11 is 0.243. The summed E-state index contributed by atoms with van der Waals surface area (Å²) in [5, 5.41) is 169. The fraction of sp³-hybridized carbons (Fsp3) is 0.918. The molecule has 8 saturated heterocycles. The van der Waals surface area contributed by atoms with Crippen molar-refractivity contribution >= 4 is 122 Å². The van der Waals surface area contributed by atoms with Crippen LogP contribution in [0.3, 0.4) is 0 Å². The predicted molar refractivity (Wildman–Crippen MR) is 374 cm³/mol. The molecule has 8 fully saturated rings. The fourth-order valence-electron chi connectivity index (χ4n) is 12.3. The summed E-state index contributed by atoms with van der Waals surface area (Å²) in [5.41, 5.74) is 0. The third-order valence-electron chi connectivity index (χ3n) is 17.3. The first-order valence-electron chi connectivity index (χ1n) is 34.5. The van der Waals surface area contributed by atoms with Crippen LogP contribution in [0.2, 0.25) is 0 Å². The van der Waals surface area contributed by atoms with Crippen LogP contribution in [-0.2, 0) is 199 Å². The quantitative estimate of drug-likeness (QED) is 0.00311. The summed E-state index contributed by atoms with van der Waals surface area (Å²) in [6, 6.07) is -6.55. The van der Waals surface area contributed by atoms with Gasteiger partial charge in [0, 0.05) is 32.3 Å². The minimum absolute atomic E-state index is 0. The van der Waals surface area contributed by atoms with E-state index in [2.05, 4.69) is 68.9 Å². The van der Waals surface area contributed by atoms with Crippen LogP contribution in [0.4, 0.5) is 0 Å². The average molecular weight is 2390 g/mol. The molecule has 18 N–H and O–H groups in total. The first-order chi connectivity index (χ1) is 60.0. The Morgan fingerprint density at radius 2 is 0.496 bits per heavy atom. The normalized spacial score (nSPS) is 35.5. The molecule has 92 heteroatoms. The molecule has 0 amide bonds. The van der Waals surface area contributed by atoms with Gasteiger partial charge in [-0.25, -0.2) is 103 Å². The maximum atomic E-state index is 12.1. The van der Waals surface area contributed by atoms with Gasteiger partial charge in [-0.15, -0.1) is 0 Å². The molecule has 8 heterocycles. The summed E-state index contributed by atoms with van der Waals surface area (Å²) in [5.74, 6) is 0. The van der Waals surface area contributed by atoms with Crippen LogP contribution >= 0.6 is 48.9 Å². The molecule has 8 aliphatic heterocycles. The molecule has 0 aromatic heterocycles. The third-order valence-corrected chi connectivity index (χ3v) is 20.5. The molecule has 0 radical (unpaired) electrons. The molecule has 0 aliphatic carbocycles. The molecule has 12 unspecified atom stereocenters. The third kappa shape index (κ3) is 65.3. The molecule has 36 atom stereocenters. The molecule has 0 aromatic rings. The van der Waals surface area contributed by atoms with Crippen LogP contribution in [-0.4, -0.2) is 415 Å². The van der Waals surface area contributed by atoms with Crippen LogP contribution in [0.15, 0.2) is 0 Å². The summed E-state index contributed by atoms with van der Waals surface area (Å²) in [6.45, 7) is 0.543. The van der Waals surface area contributed by atoms with E-state index in [1.54, 1.807) is 0 Å². The van der Waals surface area contributed by atoms with Crippen LogP contribution in [0.5, 0.6) is 0 Å². The van der Waals surface area contributed by atoms with Crippen molar-refractivity contribution in [1.82, 2.24) is 18.9 Å². The molecular weight excluding hydrogens is 2310 g/mol. The Morgan fingerprint density at radius 1 is 0.298 bits per heavy atom. The number of hydrogen-bond donors (Lipinski definition) is 18. The van der Waals surface area contributed by atoms with Crippen molar-refractivity contribution in [3.63, 3.8) is 0 Å². The molecule has 774 valence electrons. The van der Waals surface area contributed by atoms with E-state index in [9.17, 15) is 111 Å². The molecule has 8 rings (SSSR count). The molecule has 70 nitrogen and oxygen atoms in total. The van der Waals surface area contributed by atoms with Crippen molar-refractivity contribution in [2.24, 2.45) is 0 Å². The number of rotatable bonds is 41. The maximum absolute atomic E-state index is 12.1. The van der Waals surface area contributed by atoms with E-state index in [4.69, 9.17) is 146 Å². The maximum Gasteiger partial charge on any atom is 1.00 e. The van der Waals surface area contributed by atoms with Crippen molar-refractivity contribution in [2.75, 3.05) is 33.5 Å². The number of aliphatic hydroxyl groups is 10. The SMILES string of the molecule is CO[C@H]1OC(CO)[C@@H](O[C@H]2[CH-][C@H](O)[C@@H](O[C@@H]3OC(COS(=O)(=O)[O-])[C@@H](O[C@H]4[CH-][C@H](O)[C@@H](O[C@@H]5OC(COS(=O)(=O)[O-])[C@@H](O[C@H]6[CH-][C@H](O)[C@@H](O[C@@H]7OC(COS(=O)(=O)[O-])[C@@H](O[C@H]8[CH-][C@H](O)[C@H](O)C(C)O8)[C@H](O)C7NSOO[O-])C(C)O6)[C@H](O)C5NSOO[O-])C(C)O4)[C@H](O)C3NSOO[O-])C(C)O2)[C@H](O)C1NSOO[O-].O=S(=O)([O-])O.O=S(=O)([O-])O.O=S(=O)([O-])O.O=S(=O)([O-])O.[Na+].[Na+].[Na+].[Na+].[Na+].[Na+].[Na+].[Na+].[Na+].[Na+].[Na+]. The Labute approximate surface area is 1060 Å². The van der Waals surface area contributed by atoms with E-state index < -0.39 is 320 Å². The Balaban J connectivity index is -0.000000863. The fourth-order valence-corrected chi connectivity index (χ4v) is 14.9. The molecule has 141 heavy (non-hydrogen) atoms. The Hall–Kier alpha value is 9.81. The average Bonchev–Trinajstić information content (AvgIpc) is 0.759. The number of ether oxygens (including phenoxy) is 16. The van der Waals surface area contributed by atoms with Gasteiger partial charge >= 0.3 is 325 Å². The number of aliphatic hydroxyl groups excluding tert-OH is 10. The van der Waals surface area contributed by atoms with Gasteiger partial charge in [0.05, 0.1) is 99.4 Å². The van der Waals surface area contributed by atoms with Gasteiger partial charge in [-0.3, -0.25) is 50.9 Å². The van der Waals surface area contributed by atoms with Gasteiger partial charge in [0.15, 0.2) is 25.2 Å². The number of methoxy groups -OCH3 is 1. The van der Waals surface area contributed by atoms with Crippen LogP contribution in [0.1, 0.15) is 27.7 Å². The summed E-state index contributed by atoms with van der Waals surface area (Å²) in [7, 11) is -35.2. The largest absolute Gasteiger partial charge is 1.00 e. The van der Waals surface area contributed by atoms with E-state index in [0.29, 0.717) is 0 Å². The number of hydrogen-bond acceptors (Lipinski definition) is 70. The summed E-state index contributed by atoms with van der Waals surface area (Å²) in [4.78, 5) is 0. The van der Waals surface area contributed by atoms with Gasteiger partial charge in [0.1, 0.15) is 122 Å². The van der Waals surface area contributed by atoms with Gasteiger partial charge in [-0.2, -0.15) is 17.3 Å². The molecule has 0 saturated carbocycles. The van der Waals surface area contributed by atoms with E-state index in [1.807, 2.05) is 0 Å². The summed E-state index contributed by atoms with van der Waals surface area (Å²) < 4.78 is 373. The van der Waals surface area contributed by atoms with Crippen LogP contribution in [0, 0.1) is 25.7 Å². The first kappa shape index (κ1) is 166. The molecule has 0 aromatic carbocycles. The Morgan fingerprint density at radius 3 is 0.688 bits per heavy atom. The smallest absolute Gasteiger partial charge is 0.726 e. The summed E-state index contributed by atoms with van der Waals surface area (Å²) in [6.07, 6.45) is -51.8. The molecular formula is C49H81N4Na11O66S11-4. The second-order valence-corrected chi connectivity index (χ2v) is 34.8. The monoisotopic (exact) mass is 2390 g/mol. The van der Waals surface area contributed by atoms with Crippen molar-refractivity contribution in [3.8, 4) is 0 Å². The zero-order valence-electron chi connectivity index (χ0n) is 75.9. The minimum atomic E-state index is -5.65. The van der Waals surface area contributed by atoms with Gasteiger partial charge in [-0.05, 0) is 52.1 Å². The van der Waals surface area contributed by atoms with Crippen molar-refractivity contribution in [3.05, 3.63) is 25.7 Å². The van der Waals surface area contributed by atoms with Crippen LogP contribution < -0.4 is 365 Å². The first-order valence-corrected chi connectivity index (χ1v) is 47.0. The van der Waals surface area contributed by atoms with Gasteiger partial charge in [0.25, 0.3) is 0 Å². The van der Waals surface area contributed by atoms with Gasteiger partial charge in [0.2, 0.25) is 72.8 Å². The van der Waals surface area contributed by atoms with Crippen LogP contribution in [0.25, 0.3) is 0 Å². The van der Waals surface area contributed by atoms with E-state index >= 15 is 0 Å². The molecule has 0 bridgehead atoms.